The summed E-state index contributed by atoms with van der Waals surface area (Å²) in [5.41, 5.74) is 7.02. The van der Waals surface area contributed by atoms with E-state index in [4.69, 9.17) is 4.98 Å². The number of benzene rings is 2. The van der Waals surface area contributed by atoms with E-state index in [-0.39, 0.29) is 37.9 Å². The number of aromatic hydroxyl groups is 2. The van der Waals surface area contributed by atoms with E-state index in [2.05, 4.69) is 20.4 Å². The Hall–Kier alpha value is -3.13. The number of pyridine rings is 1. The zero-order valence-corrected chi connectivity index (χ0v) is 26.4. The molecule has 0 amide bonds. The molecule has 1 aliphatic heterocycles. The van der Waals surface area contributed by atoms with Crippen molar-refractivity contribution < 1.29 is 30.6 Å². The average Bonchev–Trinajstić information content (AvgIpc) is 3.02. The van der Waals surface area contributed by atoms with E-state index in [9.17, 15) is 30.6 Å². The summed E-state index contributed by atoms with van der Waals surface area (Å²) < 4.78 is 0. The molecule has 11 nitrogen and oxygen atoms in total. The van der Waals surface area contributed by atoms with E-state index in [1.54, 1.807) is 0 Å². The smallest absolute Gasteiger partial charge is 0.124 e. The second kappa shape index (κ2) is 17.0. The summed E-state index contributed by atoms with van der Waals surface area (Å²) in [6.07, 6.45) is 0.871. The van der Waals surface area contributed by atoms with Gasteiger partial charge in [-0.15, -0.1) is 0 Å². The Morgan fingerprint density at radius 1 is 0.667 bits per heavy atom. The summed E-state index contributed by atoms with van der Waals surface area (Å²) in [5, 5.41) is 66.2. The fraction of sp³-hybridized carbons (Fsp3) is 0.500. The Kier molecular flexibility index (Phi) is 13.1. The van der Waals surface area contributed by atoms with E-state index in [0.717, 1.165) is 64.3 Å². The number of aliphatic hydroxyl groups excluding tert-OH is 4. The number of hydrogen-bond acceptors (Lipinski definition) is 11. The van der Waals surface area contributed by atoms with Gasteiger partial charge >= 0.3 is 0 Å². The van der Waals surface area contributed by atoms with E-state index in [1.165, 1.54) is 0 Å². The minimum absolute atomic E-state index is 0.190. The van der Waals surface area contributed by atoms with Gasteiger partial charge in [0, 0.05) is 74.6 Å². The van der Waals surface area contributed by atoms with Crippen LogP contribution in [0.5, 0.6) is 11.5 Å². The number of aromatic nitrogens is 1. The van der Waals surface area contributed by atoms with E-state index in [1.807, 2.05) is 56.3 Å². The lowest BCUT2D eigenvalue weighted by molar-refractivity contribution is 0.169. The van der Waals surface area contributed by atoms with Crippen LogP contribution in [0.1, 0.15) is 51.2 Å². The highest BCUT2D eigenvalue weighted by Crippen LogP contribution is 2.29. The van der Waals surface area contributed by atoms with Crippen LogP contribution in [0.3, 0.4) is 0 Å². The molecule has 0 fully saturated rings. The number of nitrogens with zero attached hydrogens (tertiary/aromatic N) is 3. The lowest BCUT2D eigenvalue weighted by atomic mass is 10.0. The first-order valence-corrected chi connectivity index (χ1v) is 15.6. The van der Waals surface area contributed by atoms with Gasteiger partial charge in [0.1, 0.15) is 11.5 Å². The number of nitrogens with one attached hydrogen (secondary N) is 2. The lowest BCUT2D eigenvalue weighted by Gasteiger charge is -2.29. The molecule has 0 aliphatic carbocycles. The molecule has 4 rings (SSSR count). The standard InChI is InChI=1S/C34H49N5O6/c1-23-9-25(13-35-31(19-40)20-41)33(44)27(11-23)15-38-7-4-8-39(18-30-6-3-5-29(17-38)37-30)16-28-12-24(2)10-26(34(28)45)14-36-32(21-42)22-43/h3,5-6,9-12,31-32,35-36,40-45H,4,7-8,13-22H2,1-2H3. The maximum atomic E-state index is 11.2. The molecule has 2 aromatic carbocycles. The van der Waals surface area contributed by atoms with Crippen LogP contribution in [0, 0.1) is 13.8 Å². The fourth-order valence-electron chi connectivity index (χ4n) is 5.85. The zero-order chi connectivity index (χ0) is 32.3. The summed E-state index contributed by atoms with van der Waals surface area (Å²) in [6.45, 7) is 7.80. The lowest BCUT2D eigenvalue weighted by Crippen LogP contribution is -2.35. The molecule has 8 N–H and O–H groups in total. The minimum Gasteiger partial charge on any atom is -0.507 e. The van der Waals surface area contributed by atoms with Crippen molar-refractivity contribution in [1.29, 1.82) is 0 Å². The second-order valence-electron chi connectivity index (χ2n) is 12.1. The van der Waals surface area contributed by atoms with Crippen LogP contribution in [-0.4, -0.2) is 97.0 Å². The third-order valence-corrected chi connectivity index (χ3v) is 8.24. The quantitative estimate of drug-likeness (QED) is 0.131. The minimum atomic E-state index is -0.452. The van der Waals surface area contributed by atoms with Gasteiger partial charge in [0.05, 0.1) is 49.9 Å². The van der Waals surface area contributed by atoms with Gasteiger partial charge in [0.2, 0.25) is 0 Å². The Bertz CT molecular complexity index is 1280. The number of aryl methyl sites for hydroxylation is 2. The number of rotatable bonds is 14. The fourth-order valence-corrected chi connectivity index (χ4v) is 5.85. The Morgan fingerprint density at radius 2 is 1.07 bits per heavy atom. The van der Waals surface area contributed by atoms with Crippen molar-refractivity contribution in [1.82, 2.24) is 25.4 Å². The molecule has 11 heteroatoms. The molecule has 3 aromatic rings. The molecule has 0 atom stereocenters. The van der Waals surface area contributed by atoms with Crippen molar-refractivity contribution >= 4 is 0 Å². The van der Waals surface area contributed by atoms with Crippen LogP contribution >= 0.6 is 0 Å². The first-order valence-electron chi connectivity index (χ1n) is 15.6. The Morgan fingerprint density at radius 3 is 1.47 bits per heavy atom. The molecule has 0 saturated carbocycles. The third kappa shape index (κ3) is 9.93. The van der Waals surface area contributed by atoms with Crippen LogP contribution in [-0.2, 0) is 39.3 Å². The average molecular weight is 624 g/mol. The highest BCUT2D eigenvalue weighted by Gasteiger charge is 2.19. The highest BCUT2D eigenvalue weighted by atomic mass is 16.3. The van der Waals surface area contributed by atoms with Crippen molar-refractivity contribution in [2.75, 3.05) is 39.5 Å². The first kappa shape index (κ1) is 34.7. The maximum Gasteiger partial charge on any atom is 0.124 e. The van der Waals surface area contributed by atoms with Crippen LogP contribution in [0.25, 0.3) is 0 Å². The van der Waals surface area contributed by atoms with Crippen LogP contribution in [0.15, 0.2) is 42.5 Å². The predicted molar refractivity (Wildman–Crippen MR) is 172 cm³/mol. The van der Waals surface area contributed by atoms with E-state index >= 15 is 0 Å². The highest BCUT2D eigenvalue weighted by molar-refractivity contribution is 5.44. The molecule has 1 aromatic heterocycles. The number of phenols is 2. The molecule has 45 heavy (non-hydrogen) atoms. The van der Waals surface area contributed by atoms with Gasteiger partial charge in [0.25, 0.3) is 0 Å². The van der Waals surface area contributed by atoms with Crippen molar-refractivity contribution in [3.63, 3.8) is 0 Å². The van der Waals surface area contributed by atoms with Crippen LogP contribution in [0.2, 0.25) is 0 Å². The van der Waals surface area contributed by atoms with Crippen LogP contribution in [0.4, 0.5) is 0 Å². The molecular weight excluding hydrogens is 574 g/mol. The van der Waals surface area contributed by atoms with Crippen molar-refractivity contribution in [2.45, 2.75) is 71.6 Å². The van der Waals surface area contributed by atoms with E-state index in [0.29, 0.717) is 39.3 Å². The third-order valence-electron chi connectivity index (χ3n) is 8.24. The molecule has 0 spiro atoms. The van der Waals surface area contributed by atoms with E-state index < -0.39 is 12.1 Å². The van der Waals surface area contributed by atoms with Gasteiger partial charge in [-0.05, 0) is 32.4 Å². The summed E-state index contributed by atoms with van der Waals surface area (Å²) >= 11 is 0. The predicted octanol–water partition coefficient (Wildman–Crippen LogP) is 1.40. The number of aliphatic hydroxyl groups is 4. The van der Waals surface area contributed by atoms with Crippen LogP contribution < -0.4 is 10.6 Å². The monoisotopic (exact) mass is 623 g/mol. The molecule has 0 unspecified atom stereocenters. The van der Waals surface area contributed by atoms with Crippen molar-refractivity contribution in [2.24, 2.45) is 0 Å². The molecule has 1 aliphatic rings. The largest absolute Gasteiger partial charge is 0.507 e. The summed E-state index contributed by atoms with van der Waals surface area (Å²) in [5.74, 6) is 0.431. The van der Waals surface area contributed by atoms with Crippen molar-refractivity contribution in [3.8, 4) is 11.5 Å². The van der Waals surface area contributed by atoms with Gasteiger partial charge in [-0.25, -0.2) is 0 Å². The number of phenolic OH excluding ortho intramolecular Hbond substituents is 2. The number of fused-ring (bicyclic) bond motifs is 2. The van der Waals surface area contributed by atoms with Gasteiger partial charge in [-0.3, -0.25) is 14.8 Å². The molecule has 0 saturated heterocycles. The molecule has 2 heterocycles. The van der Waals surface area contributed by atoms with Gasteiger partial charge < -0.3 is 41.3 Å². The van der Waals surface area contributed by atoms with Gasteiger partial charge in [0.15, 0.2) is 0 Å². The zero-order valence-electron chi connectivity index (χ0n) is 26.4. The first-order chi connectivity index (χ1) is 21.7. The molecular formula is C34H49N5O6. The SMILES string of the molecule is Cc1cc(CNC(CO)CO)c(O)c(CN2CCCN(Cc3cc(C)cc(CNC(CO)CO)c3O)Cc3cccc(n3)C2)c1. The maximum absolute atomic E-state index is 11.2. The van der Waals surface area contributed by atoms with Crippen molar-refractivity contribution in [3.05, 3.63) is 87.2 Å². The topological polar surface area (TPSA) is 165 Å². The molecule has 246 valence electrons. The number of hydrogen-bond donors (Lipinski definition) is 8. The Balaban J connectivity index is 1.50. The van der Waals surface area contributed by atoms with Gasteiger partial charge in [-0.1, -0.05) is 41.5 Å². The molecule has 2 bridgehead atoms. The second-order valence-corrected chi connectivity index (χ2v) is 12.1. The van der Waals surface area contributed by atoms with Gasteiger partial charge in [-0.2, -0.15) is 0 Å². The normalized spacial score (nSPS) is 14.8. The summed E-state index contributed by atoms with van der Waals surface area (Å²) in [6, 6.07) is 13.0. The molecule has 0 radical (unpaired) electrons. The summed E-state index contributed by atoms with van der Waals surface area (Å²) in [4.78, 5) is 9.52. The summed E-state index contributed by atoms with van der Waals surface area (Å²) in [7, 11) is 0. The Labute approximate surface area is 265 Å².